The lowest BCUT2D eigenvalue weighted by molar-refractivity contribution is 0.377. The van der Waals surface area contributed by atoms with E-state index < -0.39 is 0 Å². The molecule has 0 amide bonds. The summed E-state index contributed by atoms with van der Waals surface area (Å²) in [5, 5.41) is 3.67. The number of hydrogen-bond donors (Lipinski definition) is 1. The fraction of sp³-hybridized carbons (Fsp3) is 0.810. The van der Waals surface area contributed by atoms with Crippen LogP contribution in [-0.4, -0.2) is 35.1 Å². The Morgan fingerprint density at radius 1 is 1.12 bits per heavy atom. The van der Waals surface area contributed by atoms with Gasteiger partial charge in [-0.1, -0.05) is 51.9 Å². The van der Waals surface area contributed by atoms with E-state index in [9.17, 15) is 0 Å². The highest BCUT2D eigenvalue weighted by molar-refractivity contribution is 5.30. The quantitative estimate of drug-likeness (QED) is 0.543. The lowest BCUT2D eigenvalue weighted by Gasteiger charge is -2.32. The van der Waals surface area contributed by atoms with Crippen LogP contribution in [0, 0.1) is 0 Å². The minimum absolute atomic E-state index is 0.511. The van der Waals surface area contributed by atoms with Gasteiger partial charge in [0.25, 0.3) is 0 Å². The summed E-state index contributed by atoms with van der Waals surface area (Å²) in [5.74, 6) is 0.900. The molecule has 0 spiro atoms. The molecule has 1 N–H and O–H groups in total. The van der Waals surface area contributed by atoms with Gasteiger partial charge in [0, 0.05) is 31.0 Å². The van der Waals surface area contributed by atoms with Gasteiger partial charge in [0.1, 0.15) is 0 Å². The van der Waals surface area contributed by atoms with Crippen molar-refractivity contribution in [3.63, 3.8) is 0 Å². The van der Waals surface area contributed by atoms with E-state index in [0.717, 1.165) is 12.5 Å². The average Bonchev–Trinajstić information content (AvgIpc) is 2.66. The second-order valence-corrected chi connectivity index (χ2v) is 7.58. The number of hydrogen-bond acceptors (Lipinski definition) is 4. The molecule has 1 aromatic rings. The number of piperidine rings is 1. The van der Waals surface area contributed by atoms with Gasteiger partial charge in [0.15, 0.2) is 0 Å². The molecule has 2 unspecified atom stereocenters. The third kappa shape index (κ3) is 7.72. The van der Waals surface area contributed by atoms with Gasteiger partial charge in [-0.2, -0.15) is 0 Å². The van der Waals surface area contributed by atoms with Gasteiger partial charge in [0.05, 0.1) is 0 Å². The number of nitrogens with one attached hydrogen (secondary N) is 1. The fourth-order valence-electron chi connectivity index (χ4n) is 3.80. The predicted molar refractivity (Wildman–Crippen MR) is 107 cm³/mol. The fourth-order valence-corrected chi connectivity index (χ4v) is 3.80. The molecule has 4 nitrogen and oxygen atoms in total. The van der Waals surface area contributed by atoms with Crippen LogP contribution in [0.15, 0.2) is 18.5 Å². The van der Waals surface area contributed by atoms with E-state index in [0.29, 0.717) is 12.1 Å². The molecule has 142 valence electrons. The molecule has 25 heavy (non-hydrogen) atoms. The van der Waals surface area contributed by atoms with Crippen LogP contribution in [-0.2, 0) is 0 Å². The molecular weight excluding hydrogens is 308 g/mol. The van der Waals surface area contributed by atoms with E-state index >= 15 is 0 Å². The summed E-state index contributed by atoms with van der Waals surface area (Å²) in [6.45, 7) is 6.86. The summed E-state index contributed by atoms with van der Waals surface area (Å²) >= 11 is 0. The largest absolute Gasteiger partial charge is 0.338 e. The molecule has 2 rings (SSSR count). The number of aromatic nitrogens is 2. The van der Waals surface area contributed by atoms with Crippen molar-refractivity contribution in [2.24, 2.45) is 0 Å². The van der Waals surface area contributed by atoms with E-state index in [4.69, 9.17) is 0 Å². The Morgan fingerprint density at radius 2 is 1.88 bits per heavy atom. The van der Waals surface area contributed by atoms with Crippen LogP contribution in [0.3, 0.4) is 0 Å². The Hall–Kier alpha value is -1.16. The van der Waals surface area contributed by atoms with Gasteiger partial charge in [-0.3, -0.25) is 0 Å². The van der Waals surface area contributed by atoms with Gasteiger partial charge in [-0.05, 0) is 45.2 Å². The standard InChI is InChI=1S/C21H38N4/c1-3-4-5-6-7-8-12-19(2)25(21-23-16-11-17-24-21)18-14-20-13-9-10-15-22-20/h11,16-17,19-20,22H,3-10,12-15,18H2,1-2H3. The van der Waals surface area contributed by atoms with E-state index in [2.05, 4.69) is 34.0 Å². The molecule has 2 atom stereocenters. The van der Waals surface area contributed by atoms with Crippen LogP contribution in [0.2, 0.25) is 0 Å². The predicted octanol–water partition coefficient (Wildman–Crippen LogP) is 4.95. The molecule has 1 aliphatic rings. The number of rotatable bonds is 12. The van der Waals surface area contributed by atoms with Gasteiger partial charge in [-0.25, -0.2) is 9.97 Å². The number of unbranched alkanes of at least 4 members (excludes halogenated alkanes) is 5. The molecule has 0 bridgehead atoms. The first-order valence-corrected chi connectivity index (χ1v) is 10.6. The van der Waals surface area contributed by atoms with Crippen LogP contribution in [0.5, 0.6) is 0 Å². The second kappa shape index (κ2) is 12.2. The summed E-state index contributed by atoms with van der Waals surface area (Å²) in [6, 6.07) is 3.08. The minimum Gasteiger partial charge on any atom is -0.338 e. The van der Waals surface area contributed by atoms with Crippen molar-refractivity contribution < 1.29 is 0 Å². The van der Waals surface area contributed by atoms with Crippen molar-refractivity contribution in [2.45, 2.75) is 96.6 Å². The SMILES string of the molecule is CCCCCCCCC(C)N(CCC1CCCCN1)c1ncccn1. The maximum Gasteiger partial charge on any atom is 0.225 e. The third-order valence-electron chi connectivity index (χ3n) is 5.45. The zero-order valence-electron chi connectivity index (χ0n) is 16.4. The average molecular weight is 347 g/mol. The Morgan fingerprint density at radius 3 is 2.60 bits per heavy atom. The smallest absolute Gasteiger partial charge is 0.225 e. The van der Waals surface area contributed by atoms with Crippen LogP contribution >= 0.6 is 0 Å². The van der Waals surface area contributed by atoms with Gasteiger partial charge in [-0.15, -0.1) is 0 Å². The van der Waals surface area contributed by atoms with Crippen molar-refractivity contribution in [1.82, 2.24) is 15.3 Å². The van der Waals surface area contributed by atoms with Crippen LogP contribution in [0.4, 0.5) is 5.95 Å². The highest BCUT2D eigenvalue weighted by Gasteiger charge is 2.19. The van der Waals surface area contributed by atoms with Crippen molar-refractivity contribution in [3.05, 3.63) is 18.5 Å². The Labute approximate surface area is 154 Å². The molecule has 1 fully saturated rings. The van der Waals surface area contributed by atoms with E-state index in [-0.39, 0.29) is 0 Å². The summed E-state index contributed by atoms with van der Waals surface area (Å²) in [4.78, 5) is 11.5. The molecule has 4 heteroatoms. The van der Waals surface area contributed by atoms with Gasteiger partial charge < -0.3 is 10.2 Å². The van der Waals surface area contributed by atoms with E-state index in [1.54, 1.807) is 0 Å². The zero-order chi connectivity index (χ0) is 17.7. The Balaban J connectivity index is 1.80. The monoisotopic (exact) mass is 346 g/mol. The van der Waals surface area contributed by atoms with Crippen molar-refractivity contribution >= 4 is 5.95 Å². The summed E-state index contributed by atoms with van der Waals surface area (Å²) in [6.07, 6.45) is 18.3. The minimum atomic E-state index is 0.511. The molecule has 0 radical (unpaired) electrons. The highest BCUT2D eigenvalue weighted by atomic mass is 15.3. The van der Waals surface area contributed by atoms with Crippen LogP contribution in [0.25, 0.3) is 0 Å². The first-order valence-electron chi connectivity index (χ1n) is 10.6. The topological polar surface area (TPSA) is 41.0 Å². The maximum atomic E-state index is 4.53. The lowest BCUT2D eigenvalue weighted by Crippen LogP contribution is -2.41. The van der Waals surface area contributed by atoms with Gasteiger partial charge >= 0.3 is 0 Å². The van der Waals surface area contributed by atoms with Crippen LogP contribution < -0.4 is 10.2 Å². The third-order valence-corrected chi connectivity index (χ3v) is 5.45. The number of anilines is 1. The zero-order valence-corrected chi connectivity index (χ0v) is 16.4. The van der Waals surface area contributed by atoms with Crippen molar-refractivity contribution in [3.8, 4) is 0 Å². The summed E-state index contributed by atoms with van der Waals surface area (Å²) in [5.41, 5.74) is 0. The first-order chi connectivity index (χ1) is 12.3. The molecule has 1 saturated heterocycles. The Kier molecular flexibility index (Phi) is 9.86. The molecule has 0 aliphatic carbocycles. The second-order valence-electron chi connectivity index (χ2n) is 7.58. The molecular formula is C21H38N4. The molecule has 1 aromatic heterocycles. The van der Waals surface area contributed by atoms with Gasteiger partial charge in [0.2, 0.25) is 5.95 Å². The first kappa shape index (κ1) is 20.2. The highest BCUT2D eigenvalue weighted by Crippen LogP contribution is 2.19. The van der Waals surface area contributed by atoms with Crippen molar-refractivity contribution in [1.29, 1.82) is 0 Å². The normalized spacial score (nSPS) is 18.9. The molecule has 0 saturated carbocycles. The summed E-state index contributed by atoms with van der Waals surface area (Å²) in [7, 11) is 0. The van der Waals surface area contributed by atoms with Crippen molar-refractivity contribution in [2.75, 3.05) is 18.0 Å². The molecule has 2 heterocycles. The van der Waals surface area contributed by atoms with Crippen LogP contribution in [0.1, 0.15) is 84.5 Å². The maximum absolute atomic E-state index is 4.53. The Bertz CT molecular complexity index is 431. The van der Waals surface area contributed by atoms with E-state index in [1.165, 1.54) is 77.2 Å². The molecule has 1 aliphatic heterocycles. The molecule has 0 aromatic carbocycles. The van der Waals surface area contributed by atoms with E-state index in [1.807, 2.05) is 18.5 Å². The lowest BCUT2D eigenvalue weighted by atomic mass is 10.0. The summed E-state index contributed by atoms with van der Waals surface area (Å²) < 4.78 is 0. The number of nitrogens with zero attached hydrogens (tertiary/aromatic N) is 3.